The van der Waals surface area contributed by atoms with Crippen molar-refractivity contribution in [1.29, 1.82) is 0 Å². The highest BCUT2D eigenvalue weighted by molar-refractivity contribution is 5.88. The van der Waals surface area contributed by atoms with E-state index >= 15 is 0 Å². The second-order valence-corrected chi connectivity index (χ2v) is 8.84. The molecule has 3 atom stereocenters. The number of aromatic nitrogens is 1. The van der Waals surface area contributed by atoms with E-state index in [0.29, 0.717) is 12.6 Å². The van der Waals surface area contributed by atoms with Crippen molar-refractivity contribution in [3.8, 4) is 0 Å². The Kier molecular flexibility index (Phi) is 6.50. The van der Waals surface area contributed by atoms with Crippen molar-refractivity contribution < 1.29 is 23.9 Å². The van der Waals surface area contributed by atoms with Gasteiger partial charge < -0.3 is 24.3 Å². The van der Waals surface area contributed by atoms with E-state index in [9.17, 15) is 14.4 Å². The van der Waals surface area contributed by atoms with Crippen LogP contribution in [-0.2, 0) is 30.3 Å². The van der Waals surface area contributed by atoms with Crippen LogP contribution >= 0.6 is 0 Å². The third kappa shape index (κ3) is 4.50. The maximum Gasteiger partial charge on any atom is 0.302 e. The molecule has 2 aliphatic rings. The number of hydrogen-bond acceptors (Lipinski definition) is 6. The fourth-order valence-electron chi connectivity index (χ4n) is 5.31. The van der Waals surface area contributed by atoms with Crippen LogP contribution in [0.4, 0.5) is 0 Å². The van der Waals surface area contributed by atoms with E-state index in [1.54, 1.807) is 4.90 Å². The quantitative estimate of drug-likeness (QED) is 0.662. The Balaban J connectivity index is 1.52. The molecular formula is C24H31N3O5. The van der Waals surface area contributed by atoms with Crippen molar-refractivity contribution in [1.82, 2.24) is 14.8 Å². The van der Waals surface area contributed by atoms with Crippen LogP contribution in [0.15, 0.2) is 24.4 Å². The summed E-state index contributed by atoms with van der Waals surface area (Å²) < 4.78 is 10.1. The number of carbonyl (C=O) groups is 3. The summed E-state index contributed by atoms with van der Waals surface area (Å²) in [6.45, 7) is 4.19. The average Bonchev–Trinajstić information content (AvgIpc) is 3.16. The molecule has 0 bridgehead atoms. The number of likely N-dealkylation sites (tertiary alicyclic amines) is 1. The van der Waals surface area contributed by atoms with Crippen molar-refractivity contribution in [2.75, 3.05) is 39.9 Å². The minimum Gasteiger partial charge on any atom is -0.464 e. The molecule has 2 aromatic rings. The minimum atomic E-state index is -0.379. The number of esters is 2. The number of fused-ring (bicyclic) bond motifs is 2. The van der Waals surface area contributed by atoms with Gasteiger partial charge in [-0.15, -0.1) is 0 Å². The van der Waals surface area contributed by atoms with Gasteiger partial charge in [0.05, 0.1) is 19.0 Å². The van der Waals surface area contributed by atoms with Crippen molar-refractivity contribution in [2.45, 2.75) is 38.6 Å². The molecule has 8 heteroatoms. The smallest absolute Gasteiger partial charge is 0.302 e. The SMILES string of the molecule is CC(=O)OCCN(CCOC(C)=O)C(=O)C1CC2c3cccc4[nH]cc(c34)CC2N(C)C1. The molecule has 2 heterocycles. The van der Waals surface area contributed by atoms with E-state index in [-0.39, 0.29) is 56.0 Å². The van der Waals surface area contributed by atoms with Gasteiger partial charge in [0.1, 0.15) is 13.2 Å². The fourth-order valence-corrected chi connectivity index (χ4v) is 5.31. The van der Waals surface area contributed by atoms with Crippen molar-refractivity contribution in [2.24, 2.45) is 5.92 Å². The largest absolute Gasteiger partial charge is 0.464 e. The number of likely N-dealkylation sites (N-methyl/N-ethyl adjacent to an activating group) is 1. The zero-order valence-corrected chi connectivity index (χ0v) is 18.9. The normalized spacial score (nSPS) is 22.3. The monoisotopic (exact) mass is 441 g/mol. The Morgan fingerprint density at radius 2 is 1.81 bits per heavy atom. The molecule has 1 aromatic carbocycles. The van der Waals surface area contributed by atoms with E-state index < -0.39 is 0 Å². The molecule has 1 aliphatic carbocycles. The number of piperidine rings is 1. The summed E-state index contributed by atoms with van der Waals surface area (Å²) >= 11 is 0. The molecule has 172 valence electrons. The van der Waals surface area contributed by atoms with Gasteiger partial charge in [-0.05, 0) is 37.1 Å². The summed E-state index contributed by atoms with van der Waals surface area (Å²) in [6.07, 6.45) is 3.86. The number of hydrogen-bond donors (Lipinski definition) is 1. The third-order valence-corrected chi connectivity index (χ3v) is 6.72. The molecule has 32 heavy (non-hydrogen) atoms. The maximum absolute atomic E-state index is 13.5. The molecule has 1 amide bonds. The first-order chi connectivity index (χ1) is 15.3. The van der Waals surface area contributed by atoms with Crippen molar-refractivity contribution in [3.05, 3.63) is 35.5 Å². The lowest BCUT2D eigenvalue weighted by Crippen LogP contribution is -2.52. The summed E-state index contributed by atoms with van der Waals surface area (Å²) in [6, 6.07) is 6.74. The number of nitrogens with zero attached hydrogens (tertiary/aromatic N) is 2. The summed E-state index contributed by atoms with van der Waals surface area (Å²) in [7, 11) is 2.09. The first-order valence-corrected chi connectivity index (χ1v) is 11.2. The van der Waals surface area contributed by atoms with Gasteiger partial charge in [0.15, 0.2) is 0 Å². The Morgan fingerprint density at radius 3 is 2.47 bits per heavy atom. The van der Waals surface area contributed by atoms with Crippen molar-refractivity contribution >= 4 is 28.7 Å². The van der Waals surface area contributed by atoms with E-state index in [1.165, 1.54) is 30.4 Å². The molecule has 3 unspecified atom stereocenters. The third-order valence-electron chi connectivity index (χ3n) is 6.72. The number of carbonyl (C=O) groups excluding carboxylic acids is 3. The van der Waals surface area contributed by atoms with Crippen LogP contribution in [0.5, 0.6) is 0 Å². The number of H-pyrrole nitrogens is 1. The molecule has 1 fully saturated rings. The van der Waals surface area contributed by atoms with E-state index in [0.717, 1.165) is 18.4 Å². The van der Waals surface area contributed by atoms with Gasteiger partial charge in [0.25, 0.3) is 0 Å². The summed E-state index contributed by atoms with van der Waals surface area (Å²) in [4.78, 5) is 43.2. The van der Waals surface area contributed by atoms with Crippen LogP contribution in [0.1, 0.15) is 37.3 Å². The molecule has 1 aromatic heterocycles. The highest BCUT2D eigenvalue weighted by atomic mass is 16.5. The molecule has 4 rings (SSSR count). The molecule has 0 spiro atoms. The van der Waals surface area contributed by atoms with Gasteiger partial charge in [-0.1, -0.05) is 12.1 Å². The number of aromatic amines is 1. The molecular weight excluding hydrogens is 410 g/mol. The van der Waals surface area contributed by atoms with E-state index in [2.05, 4.69) is 41.3 Å². The van der Waals surface area contributed by atoms with Gasteiger partial charge in [-0.25, -0.2) is 0 Å². The van der Waals surface area contributed by atoms with Gasteiger partial charge in [0, 0.05) is 49.5 Å². The first kappa shape index (κ1) is 22.3. The molecule has 1 N–H and O–H groups in total. The molecule has 8 nitrogen and oxygen atoms in total. The maximum atomic E-state index is 13.5. The number of benzene rings is 1. The second kappa shape index (κ2) is 9.32. The van der Waals surface area contributed by atoms with Crippen LogP contribution in [-0.4, -0.2) is 78.6 Å². The summed E-state index contributed by atoms with van der Waals surface area (Å²) in [5.41, 5.74) is 3.81. The van der Waals surface area contributed by atoms with Gasteiger partial charge in [0.2, 0.25) is 5.91 Å². The average molecular weight is 442 g/mol. The summed E-state index contributed by atoms with van der Waals surface area (Å²) in [5, 5.41) is 1.30. The standard InChI is InChI=1S/C24H31N3O5/c1-15(28)31-9-7-27(8-10-32-16(2)29)24(30)18-11-20-19-5-4-6-21-23(19)17(13-25-21)12-22(20)26(3)14-18/h4-6,13,18,20,22,25H,7-12,14H2,1-3H3. The van der Waals surface area contributed by atoms with Crippen LogP contribution in [0.2, 0.25) is 0 Å². The van der Waals surface area contributed by atoms with Crippen LogP contribution in [0.25, 0.3) is 10.9 Å². The predicted octanol–water partition coefficient (Wildman–Crippen LogP) is 2.08. The Morgan fingerprint density at radius 1 is 1.12 bits per heavy atom. The predicted molar refractivity (Wildman–Crippen MR) is 119 cm³/mol. The highest BCUT2D eigenvalue weighted by Crippen LogP contribution is 2.44. The lowest BCUT2D eigenvalue weighted by atomic mass is 9.72. The fraction of sp³-hybridized carbons (Fsp3) is 0.542. The van der Waals surface area contributed by atoms with Gasteiger partial charge in [-0.2, -0.15) is 0 Å². The molecule has 1 saturated heterocycles. The second-order valence-electron chi connectivity index (χ2n) is 8.84. The number of amides is 1. The lowest BCUT2D eigenvalue weighted by Gasteiger charge is -2.45. The number of ether oxygens (including phenoxy) is 2. The molecule has 0 radical (unpaired) electrons. The minimum absolute atomic E-state index is 0.0154. The Bertz CT molecular complexity index is 996. The highest BCUT2D eigenvalue weighted by Gasteiger charge is 2.42. The van der Waals surface area contributed by atoms with Crippen LogP contribution in [0.3, 0.4) is 0 Å². The number of rotatable bonds is 7. The topological polar surface area (TPSA) is 91.9 Å². The van der Waals surface area contributed by atoms with Crippen LogP contribution in [0, 0.1) is 5.92 Å². The van der Waals surface area contributed by atoms with Crippen LogP contribution < -0.4 is 0 Å². The molecule has 0 saturated carbocycles. The van der Waals surface area contributed by atoms with Crippen molar-refractivity contribution in [3.63, 3.8) is 0 Å². The first-order valence-electron chi connectivity index (χ1n) is 11.2. The van der Waals surface area contributed by atoms with Gasteiger partial charge >= 0.3 is 11.9 Å². The summed E-state index contributed by atoms with van der Waals surface area (Å²) in [5.74, 6) is -0.641. The number of nitrogens with one attached hydrogen (secondary N) is 1. The Hall–Kier alpha value is -2.87. The zero-order chi connectivity index (χ0) is 22.8. The van der Waals surface area contributed by atoms with E-state index in [1.807, 2.05) is 0 Å². The molecule has 1 aliphatic heterocycles. The van der Waals surface area contributed by atoms with Gasteiger partial charge in [-0.3, -0.25) is 14.4 Å². The lowest BCUT2D eigenvalue weighted by molar-refractivity contribution is -0.148. The Labute approximate surface area is 187 Å². The van der Waals surface area contributed by atoms with E-state index in [4.69, 9.17) is 9.47 Å². The zero-order valence-electron chi connectivity index (χ0n) is 18.9.